The number of hydrogen-bond donors (Lipinski definition) is 2. The standard InChI is InChI=1S/C10H21NO/c1-7(6-12)8(2)11-9(3)10-4-5-10/h7-12H,4-6H2,1-3H3. The molecule has 0 aliphatic heterocycles. The zero-order valence-electron chi connectivity index (χ0n) is 8.38. The highest BCUT2D eigenvalue weighted by molar-refractivity contribution is 4.85. The maximum absolute atomic E-state index is 8.93. The molecule has 12 heavy (non-hydrogen) atoms. The number of nitrogens with one attached hydrogen (secondary N) is 1. The molecule has 2 N–H and O–H groups in total. The van der Waals surface area contributed by atoms with Gasteiger partial charge in [0.15, 0.2) is 0 Å². The van der Waals surface area contributed by atoms with Crippen LogP contribution in [0.2, 0.25) is 0 Å². The van der Waals surface area contributed by atoms with Gasteiger partial charge in [-0.3, -0.25) is 0 Å². The summed E-state index contributed by atoms with van der Waals surface area (Å²) in [5.74, 6) is 1.27. The molecule has 1 rings (SSSR count). The van der Waals surface area contributed by atoms with Crippen LogP contribution in [-0.4, -0.2) is 23.8 Å². The van der Waals surface area contributed by atoms with Crippen LogP contribution in [0.5, 0.6) is 0 Å². The Morgan fingerprint density at radius 3 is 2.33 bits per heavy atom. The Morgan fingerprint density at radius 2 is 1.92 bits per heavy atom. The lowest BCUT2D eigenvalue weighted by Crippen LogP contribution is -2.40. The molecule has 0 radical (unpaired) electrons. The fraction of sp³-hybridized carbons (Fsp3) is 1.00. The quantitative estimate of drug-likeness (QED) is 0.655. The first kappa shape index (κ1) is 10.0. The van der Waals surface area contributed by atoms with E-state index in [2.05, 4.69) is 26.1 Å². The van der Waals surface area contributed by atoms with Gasteiger partial charge < -0.3 is 10.4 Å². The summed E-state index contributed by atoms with van der Waals surface area (Å²) in [6, 6.07) is 1.07. The first-order valence-corrected chi connectivity index (χ1v) is 5.02. The highest BCUT2D eigenvalue weighted by Gasteiger charge is 2.29. The predicted molar refractivity (Wildman–Crippen MR) is 51.0 cm³/mol. The molecule has 0 aromatic carbocycles. The minimum absolute atomic E-state index is 0.283. The zero-order chi connectivity index (χ0) is 9.14. The van der Waals surface area contributed by atoms with Gasteiger partial charge in [0.05, 0.1) is 0 Å². The van der Waals surface area contributed by atoms with Crippen LogP contribution in [0.15, 0.2) is 0 Å². The topological polar surface area (TPSA) is 32.3 Å². The molecular formula is C10H21NO. The van der Waals surface area contributed by atoms with Gasteiger partial charge >= 0.3 is 0 Å². The second-order valence-corrected chi connectivity index (χ2v) is 4.24. The summed E-state index contributed by atoms with van der Waals surface area (Å²) in [5, 5.41) is 12.5. The van der Waals surface area contributed by atoms with Gasteiger partial charge in [-0.2, -0.15) is 0 Å². The minimum Gasteiger partial charge on any atom is -0.396 e. The van der Waals surface area contributed by atoms with Crippen molar-refractivity contribution in [3.05, 3.63) is 0 Å². The van der Waals surface area contributed by atoms with Gasteiger partial charge in [-0.1, -0.05) is 6.92 Å². The highest BCUT2D eigenvalue weighted by Crippen LogP contribution is 2.32. The molecule has 1 saturated carbocycles. The third kappa shape index (κ3) is 2.76. The molecule has 2 nitrogen and oxygen atoms in total. The average molecular weight is 171 g/mol. The van der Waals surface area contributed by atoms with Gasteiger partial charge in [-0.05, 0) is 38.5 Å². The molecule has 1 aliphatic carbocycles. The van der Waals surface area contributed by atoms with Crippen LogP contribution < -0.4 is 5.32 Å². The SMILES string of the molecule is CC(CO)C(C)NC(C)C1CC1. The molecule has 0 spiro atoms. The third-order valence-corrected chi connectivity index (χ3v) is 3.00. The van der Waals surface area contributed by atoms with Crippen LogP contribution in [0.1, 0.15) is 33.6 Å². The predicted octanol–water partition coefficient (Wildman–Crippen LogP) is 1.39. The third-order valence-electron chi connectivity index (χ3n) is 3.00. The summed E-state index contributed by atoms with van der Waals surface area (Å²) in [4.78, 5) is 0. The van der Waals surface area contributed by atoms with Gasteiger partial charge in [-0.15, -0.1) is 0 Å². The molecule has 3 atom stereocenters. The monoisotopic (exact) mass is 171 g/mol. The number of aliphatic hydroxyl groups is 1. The molecule has 0 saturated heterocycles. The van der Waals surface area contributed by atoms with E-state index in [4.69, 9.17) is 5.11 Å². The lowest BCUT2D eigenvalue weighted by Gasteiger charge is -2.23. The fourth-order valence-electron chi connectivity index (χ4n) is 1.47. The van der Waals surface area contributed by atoms with Crippen LogP contribution in [0.25, 0.3) is 0 Å². The lowest BCUT2D eigenvalue weighted by atomic mass is 10.0. The number of hydrogen-bond acceptors (Lipinski definition) is 2. The lowest BCUT2D eigenvalue weighted by molar-refractivity contribution is 0.200. The van der Waals surface area contributed by atoms with Crippen LogP contribution in [0, 0.1) is 11.8 Å². The Labute approximate surface area is 75.4 Å². The van der Waals surface area contributed by atoms with Gasteiger partial charge in [0, 0.05) is 18.7 Å². The smallest absolute Gasteiger partial charge is 0.0471 e. The van der Waals surface area contributed by atoms with Gasteiger partial charge in [0.2, 0.25) is 0 Å². The van der Waals surface area contributed by atoms with E-state index in [0.29, 0.717) is 18.0 Å². The zero-order valence-corrected chi connectivity index (χ0v) is 8.38. The molecule has 0 aromatic heterocycles. The molecule has 0 amide bonds. The second kappa shape index (κ2) is 4.24. The fourth-order valence-corrected chi connectivity index (χ4v) is 1.47. The second-order valence-electron chi connectivity index (χ2n) is 4.24. The summed E-state index contributed by atoms with van der Waals surface area (Å²) in [5.41, 5.74) is 0. The van der Waals surface area contributed by atoms with E-state index >= 15 is 0 Å². The summed E-state index contributed by atoms with van der Waals surface area (Å²) in [6.45, 7) is 6.76. The van der Waals surface area contributed by atoms with Crippen molar-refractivity contribution in [2.75, 3.05) is 6.61 Å². The van der Waals surface area contributed by atoms with Crippen LogP contribution in [-0.2, 0) is 0 Å². The first-order valence-electron chi connectivity index (χ1n) is 5.02. The Morgan fingerprint density at radius 1 is 1.33 bits per heavy atom. The van der Waals surface area contributed by atoms with E-state index in [0.717, 1.165) is 5.92 Å². The molecule has 1 fully saturated rings. The molecular weight excluding hydrogens is 150 g/mol. The Bertz CT molecular complexity index is 134. The molecule has 0 aromatic rings. The van der Waals surface area contributed by atoms with Gasteiger partial charge in [-0.25, -0.2) is 0 Å². The molecule has 1 aliphatic rings. The summed E-state index contributed by atoms with van der Waals surface area (Å²) in [7, 11) is 0. The number of aliphatic hydroxyl groups excluding tert-OH is 1. The Balaban J connectivity index is 2.19. The largest absolute Gasteiger partial charge is 0.396 e. The molecule has 72 valence electrons. The van der Waals surface area contributed by atoms with Crippen molar-refractivity contribution in [1.82, 2.24) is 5.32 Å². The van der Waals surface area contributed by atoms with Crippen LogP contribution in [0.3, 0.4) is 0 Å². The minimum atomic E-state index is 0.283. The Hall–Kier alpha value is -0.0800. The summed E-state index contributed by atoms with van der Waals surface area (Å²) in [6.07, 6.45) is 2.77. The van der Waals surface area contributed by atoms with Gasteiger partial charge in [0.25, 0.3) is 0 Å². The summed E-state index contributed by atoms with van der Waals surface area (Å²) >= 11 is 0. The molecule has 2 heteroatoms. The van der Waals surface area contributed by atoms with Crippen molar-refractivity contribution in [3.63, 3.8) is 0 Å². The van der Waals surface area contributed by atoms with E-state index in [1.165, 1.54) is 12.8 Å². The van der Waals surface area contributed by atoms with Crippen molar-refractivity contribution in [2.45, 2.75) is 45.7 Å². The van der Waals surface area contributed by atoms with E-state index < -0.39 is 0 Å². The van der Waals surface area contributed by atoms with Crippen molar-refractivity contribution in [2.24, 2.45) is 11.8 Å². The molecule has 0 bridgehead atoms. The maximum Gasteiger partial charge on any atom is 0.0471 e. The van der Waals surface area contributed by atoms with E-state index in [-0.39, 0.29) is 6.61 Å². The van der Waals surface area contributed by atoms with Crippen molar-refractivity contribution in [1.29, 1.82) is 0 Å². The molecule has 3 unspecified atom stereocenters. The van der Waals surface area contributed by atoms with Crippen LogP contribution >= 0.6 is 0 Å². The highest BCUT2D eigenvalue weighted by atomic mass is 16.3. The van der Waals surface area contributed by atoms with Gasteiger partial charge in [0.1, 0.15) is 0 Å². The first-order chi connectivity index (χ1) is 5.65. The van der Waals surface area contributed by atoms with E-state index in [1.54, 1.807) is 0 Å². The normalized spacial score (nSPS) is 25.0. The van der Waals surface area contributed by atoms with E-state index in [1.807, 2.05) is 0 Å². The van der Waals surface area contributed by atoms with Crippen molar-refractivity contribution in [3.8, 4) is 0 Å². The van der Waals surface area contributed by atoms with Crippen molar-refractivity contribution >= 4 is 0 Å². The van der Waals surface area contributed by atoms with Crippen LogP contribution in [0.4, 0.5) is 0 Å². The Kier molecular flexibility index (Phi) is 3.53. The van der Waals surface area contributed by atoms with Crippen molar-refractivity contribution < 1.29 is 5.11 Å². The number of rotatable bonds is 5. The van der Waals surface area contributed by atoms with E-state index in [9.17, 15) is 0 Å². The maximum atomic E-state index is 8.93. The average Bonchev–Trinajstić information content (AvgIpc) is 2.84. The molecule has 0 heterocycles. The summed E-state index contributed by atoms with van der Waals surface area (Å²) < 4.78 is 0.